The van der Waals surface area contributed by atoms with Crippen molar-refractivity contribution in [1.82, 2.24) is 4.98 Å². The van der Waals surface area contributed by atoms with E-state index in [0.29, 0.717) is 0 Å². The van der Waals surface area contributed by atoms with Crippen molar-refractivity contribution in [3.05, 3.63) is 22.4 Å². The molecule has 0 bridgehead atoms. The number of halogens is 1. The molecule has 76 valence electrons. The van der Waals surface area contributed by atoms with Crippen LogP contribution in [0.5, 0.6) is 5.75 Å². The molecule has 0 aromatic carbocycles. The Morgan fingerprint density at radius 3 is 3.14 bits per heavy atom. The molecule has 1 aromatic heterocycles. The predicted octanol–water partition coefficient (Wildman–Crippen LogP) is 2.70. The first kappa shape index (κ1) is 9.93. The molecule has 4 heteroatoms. The molecule has 2 rings (SSSR count). The molecular weight excluding hydrogens is 246 g/mol. The molecule has 2 heterocycles. The second-order valence-electron chi connectivity index (χ2n) is 3.24. The van der Waals surface area contributed by atoms with Crippen LogP contribution in [0, 0.1) is 0 Å². The molecule has 1 atom stereocenters. The number of ether oxygens (including phenoxy) is 2. The van der Waals surface area contributed by atoms with E-state index in [4.69, 9.17) is 9.47 Å². The largest absolute Gasteiger partial charge is 0.495 e. The van der Waals surface area contributed by atoms with E-state index in [2.05, 4.69) is 20.9 Å². The normalized spacial score (nSPS) is 21.1. The quantitative estimate of drug-likeness (QED) is 0.817. The van der Waals surface area contributed by atoms with Crippen LogP contribution in [0.4, 0.5) is 0 Å². The monoisotopic (exact) mass is 257 g/mol. The Morgan fingerprint density at radius 1 is 1.64 bits per heavy atom. The minimum atomic E-state index is 0.109. The maximum atomic E-state index is 5.56. The average molecular weight is 258 g/mol. The first-order chi connectivity index (χ1) is 6.81. The van der Waals surface area contributed by atoms with E-state index in [1.54, 1.807) is 13.3 Å². The molecule has 14 heavy (non-hydrogen) atoms. The van der Waals surface area contributed by atoms with E-state index in [1.165, 1.54) is 0 Å². The highest BCUT2D eigenvalue weighted by molar-refractivity contribution is 9.10. The van der Waals surface area contributed by atoms with Crippen LogP contribution in [-0.4, -0.2) is 18.7 Å². The summed E-state index contributed by atoms with van der Waals surface area (Å²) in [6.45, 7) is 0.825. The smallest absolute Gasteiger partial charge is 0.144 e. The summed E-state index contributed by atoms with van der Waals surface area (Å²) in [6, 6.07) is 1.92. The molecular formula is C10H12BrNO2. The Balaban J connectivity index is 2.31. The topological polar surface area (TPSA) is 31.4 Å². The van der Waals surface area contributed by atoms with Crippen LogP contribution in [0.1, 0.15) is 24.6 Å². The molecule has 1 saturated heterocycles. The molecule has 0 amide bonds. The van der Waals surface area contributed by atoms with Gasteiger partial charge in [0, 0.05) is 17.3 Å². The Labute approximate surface area is 91.6 Å². The fourth-order valence-electron chi connectivity index (χ4n) is 1.63. The van der Waals surface area contributed by atoms with E-state index in [1.807, 2.05) is 6.07 Å². The van der Waals surface area contributed by atoms with E-state index in [9.17, 15) is 0 Å². The third-order valence-corrected chi connectivity index (χ3v) is 2.74. The van der Waals surface area contributed by atoms with E-state index in [-0.39, 0.29) is 6.10 Å². The standard InChI is InChI=1S/C10H12BrNO2/c1-13-9-5-7(11)6-12-10(9)8-3-2-4-14-8/h5-6,8H,2-4H2,1H3. The summed E-state index contributed by atoms with van der Waals surface area (Å²) >= 11 is 3.36. The van der Waals surface area contributed by atoms with Gasteiger partial charge in [-0.1, -0.05) is 0 Å². The van der Waals surface area contributed by atoms with Gasteiger partial charge >= 0.3 is 0 Å². The summed E-state index contributed by atoms with van der Waals surface area (Å²) in [5, 5.41) is 0. The molecule has 1 unspecified atom stereocenters. The van der Waals surface area contributed by atoms with Crippen molar-refractivity contribution in [3.8, 4) is 5.75 Å². The number of methoxy groups -OCH3 is 1. The number of hydrogen-bond donors (Lipinski definition) is 0. The lowest BCUT2D eigenvalue weighted by atomic mass is 10.1. The van der Waals surface area contributed by atoms with Crippen LogP contribution in [0.2, 0.25) is 0 Å². The van der Waals surface area contributed by atoms with Crippen molar-refractivity contribution in [3.63, 3.8) is 0 Å². The summed E-state index contributed by atoms with van der Waals surface area (Å²) in [4.78, 5) is 4.33. The maximum Gasteiger partial charge on any atom is 0.144 e. The van der Waals surface area contributed by atoms with Gasteiger partial charge in [-0.15, -0.1) is 0 Å². The first-order valence-corrected chi connectivity index (χ1v) is 5.41. The van der Waals surface area contributed by atoms with Crippen LogP contribution in [0.25, 0.3) is 0 Å². The predicted molar refractivity (Wildman–Crippen MR) is 56.4 cm³/mol. The van der Waals surface area contributed by atoms with Crippen molar-refractivity contribution in [2.24, 2.45) is 0 Å². The minimum absolute atomic E-state index is 0.109. The third-order valence-electron chi connectivity index (χ3n) is 2.30. The molecule has 0 spiro atoms. The summed E-state index contributed by atoms with van der Waals surface area (Å²) in [7, 11) is 1.65. The van der Waals surface area contributed by atoms with Crippen molar-refractivity contribution >= 4 is 15.9 Å². The van der Waals surface area contributed by atoms with Crippen molar-refractivity contribution in [1.29, 1.82) is 0 Å². The van der Waals surface area contributed by atoms with Gasteiger partial charge in [-0.2, -0.15) is 0 Å². The molecule has 3 nitrogen and oxygen atoms in total. The van der Waals surface area contributed by atoms with Gasteiger partial charge in [0.1, 0.15) is 17.5 Å². The highest BCUT2D eigenvalue weighted by Gasteiger charge is 2.22. The summed E-state index contributed by atoms with van der Waals surface area (Å²) in [5.74, 6) is 0.797. The zero-order valence-electron chi connectivity index (χ0n) is 8.00. The number of pyridine rings is 1. The second-order valence-corrected chi connectivity index (χ2v) is 4.16. The summed E-state index contributed by atoms with van der Waals surface area (Å²) < 4.78 is 11.8. The second kappa shape index (κ2) is 4.28. The van der Waals surface area contributed by atoms with Crippen LogP contribution in [0.15, 0.2) is 16.7 Å². The molecule has 1 aromatic rings. The molecule has 0 saturated carbocycles. The zero-order chi connectivity index (χ0) is 9.97. The lowest BCUT2D eigenvalue weighted by molar-refractivity contribution is 0.106. The lowest BCUT2D eigenvalue weighted by Gasteiger charge is -2.12. The highest BCUT2D eigenvalue weighted by Crippen LogP contribution is 2.34. The minimum Gasteiger partial charge on any atom is -0.495 e. The summed E-state index contributed by atoms with van der Waals surface area (Å²) in [5.41, 5.74) is 0.910. The van der Waals surface area contributed by atoms with Gasteiger partial charge in [0.25, 0.3) is 0 Å². The fraction of sp³-hybridized carbons (Fsp3) is 0.500. The molecule has 1 fully saturated rings. The van der Waals surface area contributed by atoms with Crippen molar-refractivity contribution in [2.75, 3.05) is 13.7 Å². The Morgan fingerprint density at radius 2 is 2.50 bits per heavy atom. The van der Waals surface area contributed by atoms with E-state index < -0.39 is 0 Å². The number of hydrogen-bond acceptors (Lipinski definition) is 3. The van der Waals surface area contributed by atoms with Crippen LogP contribution in [0.3, 0.4) is 0 Å². The van der Waals surface area contributed by atoms with Gasteiger partial charge in [-0.05, 0) is 34.8 Å². The first-order valence-electron chi connectivity index (χ1n) is 4.62. The molecule has 1 aliphatic heterocycles. The van der Waals surface area contributed by atoms with Crippen molar-refractivity contribution in [2.45, 2.75) is 18.9 Å². The van der Waals surface area contributed by atoms with Gasteiger partial charge in [-0.25, -0.2) is 0 Å². The van der Waals surface area contributed by atoms with Crippen LogP contribution < -0.4 is 4.74 Å². The van der Waals surface area contributed by atoms with E-state index >= 15 is 0 Å². The van der Waals surface area contributed by atoms with Gasteiger partial charge in [-0.3, -0.25) is 4.98 Å². The molecule has 0 N–H and O–H groups in total. The van der Waals surface area contributed by atoms with Gasteiger partial charge in [0.15, 0.2) is 0 Å². The highest BCUT2D eigenvalue weighted by atomic mass is 79.9. The number of aromatic nitrogens is 1. The molecule has 0 aliphatic carbocycles. The average Bonchev–Trinajstić information content (AvgIpc) is 2.70. The SMILES string of the molecule is COc1cc(Br)cnc1C1CCCO1. The Bertz CT molecular complexity index is 324. The lowest BCUT2D eigenvalue weighted by Crippen LogP contribution is -2.02. The number of nitrogens with zero attached hydrogens (tertiary/aromatic N) is 1. The maximum absolute atomic E-state index is 5.56. The molecule has 1 aliphatic rings. The Hall–Kier alpha value is -0.610. The van der Waals surface area contributed by atoms with Gasteiger partial charge in [0.05, 0.1) is 7.11 Å². The van der Waals surface area contributed by atoms with Crippen LogP contribution in [-0.2, 0) is 4.74 Å². The third kappa shape index (κ3) is 1.91. The fourth-order valence-corrected chi connectivity index (χ4v) is 1.94. The van der Waals surface area contributed by atoms with Gasteiger partial charge in [0.2, 0.25) is 0 Å². The van der Waals surface area contributed by atoms with E-state index in [0.717, 1.165) is 35.4 Å². The zero-order valence-corrected chi connectivity index (χ0v) is 9.58. The van der Waals surface area contributed by atoms with Crippen molar-refractivity contribution < 1.29 is 9.47 Å². The van der Waals surface area contributed by atoms with Crippen LogP contribution >= 0.6 is 15.9 Å². The number of rotatable bonds is 2. The Kier molecular flexibility index (Phi) is 3.03. The molecule has 0 radical (unpaired) electrons. The van der Waals surface area contributed by atoms with Gasteiger partial charge < -0.3 is 9.47 Å². The summed E-state index contributed by atoms with van der Waals surface area (Å²) in [6.07, 6.45) is 4.02.